The van der Waals surface area contributed by atoms with Crippen LogP contribution in [-0.2, 0) is 0 Å². The highest BCUT2D eigenvalue weighted by Crippen LogP contribution is 2.32. The molecule has 1 saturated heterocycles. The molecule has 0 atom stereocenters. The second kappa shape index (κ2) is 5.79. The van der Waals surface area contributed by atoms with Crippen molar-refractivity contribution in [1.29, 1.82) is 0 Å². The lowest BCUT2D eigenvalue weighted by molar-refractivity contribution is 0.0945. The van der Waals surface area contributed by atoms with Crippen LogP contribution < -0.4 is 16.0 Å². The molecule has 1 amide bonds. The van der Waals surface area contributed by atoms with Crippen molar-refractivity contribution in [2.75, 3.05) is 35.2 Å². The maximum atomic E-state index is 12.1. The molecule has 5 nitrogen and oxygen atoms in total. The lowest BCUT2D eigenvalue weighted by Crippen LogP contribution is -2.35. The molecule has 0 unspecified atom stereocenters. The van der Waals surface area contributed by atoms with E-state index in [1.54, 1.807) is 0 Å². The maximum absolute atomic E-state index is 12.1. The number of nitrogens with zero attached hydrogens (tertiary/aromatic N) is 2. The van der Waals surface area contributed by atoms with E-state index in [2.05, 4.69) is 14.6 Å². The van der Waals surface area contributed by atoms with Gasteiger partial charge in [-0.3, -0.25) is 4.79 Å². The van der Waals surface area contributed by atoms with Crippen LogP contribution in [0, 0.1) is 0 Å². The van der Waals surface area contributed by atoms with Gasteiger partial charge in [0.25, 0.3) is 5.91 Å². The van der Waals surface area contributed by atoms with Crippen LogP contribution in [0.2, 0.25) is 0 Å². The molecule has 0 saturated carbocycles. The van der Waals surface area contributed by atoms with Gasteiger partial charge in [-0.1, -0.05) is 0 Å². The number of anilines is 2. The van der Waals surface area contributed by atoms with Gasteiger partial charge in [-0.2, -0.15) is 16.1 Å². The van der Waals surface area contributed by atoms with Gasteiger partial charge in [-0.25, -0.2) is 0 Å². The standard InChI is InChI=1S/C11H18N4OS2/c1-7(2)13-10(16)8-9(12)14-18-11(8)15-3-5-17-6-4-15/h7H,3-6H2,1-2H3,(H2,12,14)(H,13,16). The van der Waals surface area contributed by atoms with Crippen LogP contribution in [0.25, 0.3) is 0 Å². The summed E-state index contributed by atoms with van der Waals surface area (Å²) in [6, 6.07) is 0.0987. The molecule has 100 valence electrons. The van der Waals surface area contributed by atoms with Crippen molar-refractivity contribution in [2.24, 2.45) is 0 Å². The van der Waals surface area contributed by atoms with Crippen LogP contribution in [-0.4, -0.2) is 40.9 Å². The van der Waals surface area contributed by atoms with Gasteiger partial charge < -0.3 is 16.0 Å². The Kier molecular flexibility index (Phi) is 4.34. The lowest BCUT2D eigenvalue weighted by Gasteiger charge is -2.27. The third-order valence-electron chi connectivity index (χ3n) is 2.65. The van der Waals surface area contributed by atoms with Gasteiger partial charge in [0, 0.05) is 30.6 Å². The smallest absolute Gasteiger partial charge is 0.258 e. The largest absolute Gasteiger partial charge is 0.382 e. The number of amides is 1. The van der Waals surface area contributed by atoms with Gasteiger partial charge in [0.1, 0.15) is 10.6 Å². The summed E-state index contributed by atoms with van der Waals surface area (Å²) in [5, 5.41) is 3.79. The Labute approximate surface area is 115 Å². The van der Waals surface area contributed by atoms with Crippen LogP contribution in [0.4, 0.5) is 10.8 Å². The number of aromatic nitrogens is 1. The summed E-state index contributed by atoms with van der Waals surface area (Å²) < 4.78 is 4.13. The molecule has 0 bridgehead atoms. The molecule has 18 heavy (non-hydrogen) atoms. The van der Waals surface area contributed by atoms with E-state index in [4.69, 9.17) is 5.73 Å². The maximum Gasteiger partial charge on any atom is 0.258 e. The number of nitrogen functional groups attached to an aromatic ring is 1. The molecule has 2 rings (SSSR count). The fourth-order valence-electron chi connectivity index (χ4n) is 1.82. The molecule has 7 heteroatoms. The summed E-state index contributed by atoms with van der Waals surface area (Å²) in [5.74, 6) is 2.39. The highest BCUT2D eigenvalue weighted by molar-refractivity contribution is 7.99. The summed E-state index contributed by atoms with van der Waals surface area (Å²) >= 11 is 3.25. The minimum absolute atomic E-state index is 0.0987. The minimum Gasteiger partial charge on any atom is -0.382 e. The molecular formula is C11H18N4OS2. The van der Waals surface area contributed by atoms with Crippen LogP contribution in [0.15, 0.2) is 0 Å². The second-order valence-corrected chi connectivity index (χ2v) is 6.45. The van der Waals surface area contributed by atoms with E-state index in [1.807, 2.05) is 25.6 Å². The minimum atomic E-state index is -0.121. The quantitative estimate of drug-likeness (QED) is 0.879. The van der Waals surface area contributed by atoms with E-state index in [0.717, 1.165) is 29.6 Å². The number of carbonyl (C=O) groups excluding carboxylic acids is 1. The third kappa shape index (κ3) is 2.89. The average Bonchev–Trinajstić information content (AvgIpc) is 2.71. The highest BCUT2D eigenvalue weighted by Gasteiger charge is 2.24. The van der Waals surface area contributed by atoms with Crippen molar-refractivity contribution in [3.8, 4) is 0 Å². The zero-order chi connectivity index (χ0) is 13.1. The first kappa shape index (κ1) is 13.5. The number of hydrogen-bond acceptors (Lipinski definition) is 6. The van der Waals surface area contributed by atoms with Crippen LogP contribution >= 0.6 is 23.3 Å². The van der Waals surface area contributed by atoms with Crippen molar-refractivity contribution < 1.29 is 4.79 Å². The lowest BCUT2D eigenvalue weighted by atomic mass is 10.2. The summed E-state index contributed by atoms with van der Waals surface area (Å²) in [5.41, 5.74) is 6.37. The third-order valence-corrected chi connectivity index (χ3v) is 4.51. The summed E-state index contributed by atoms with van der Waals surface area (Å²) in [6.45, 7) is 5.78. The monoisotopic (exact) mass is 286 g/mol. The fourth-order valence-corrected chi connectivity index (χ4v) is 3.59. The van der Waals surface area contributed by atoms with E-state index in [-0.39, 0.29) is 11.9 Å². The van der Waals surface area contributed by atoms with Gasteiger partial charge in [-0.15, -0.1) is 0 Å². The van der Waals surface area contributed by atoms with Gasteiger partial charge in [0.15, 0.2) is 5.82 Å². The summed E-state index contributed by atoms with van der Waals surface area (Å²) in [7, 11) is 0. The topological polar surface area (TPSA) is 71.2 Å². The molecule has 1 fully saturated rings. The molecule has 0 spiro atoms. The van der Waals surface area contributed by atoms with Crippen molar-refractivity contribution in [1.82, 2.24) is 9.69 Å². The fraction of sp³-hybridized carbons (Fsp3) is 0.636. The Morgan fingerprint density at radius 2 is 2.11 bits per heavy atom. The Balaban J connectivity index is 2.23. The number of nitrogens with one attached hydrogen (secondary N) is 1. The summed E-state index contributed by atoms with van der Waals surface area (Å²) in [4.78, 5) is 14.4. The number of thioether (sulfide) groups is 1. The van der Waals surface area contributed by atoms with Crippen molar-refractivity contribution in [3.63, 3.8) is 0 Å². The zero-order valence-electron chi connectivity index (χ0n) is 10.6. The summed E-state index contributed by atoms with van der Waals surface area (Å²) in [6.07, 6.45) is 0. The molecule has 1 aliphatic heterocycles. The van der Waals surface area contributed by atoms with E-state index < -0.39 is 0 Å². The molecule has 0 aliphatic carbocycles. The molecule has 0 radical (unpaired) electrons. The Bertz CT molecular complexity index is 427. The predicted octanol–water partition coefficient (Wildman–Crippen LogP) is 1.42. The molecular weight excluding hydrogens is 268 g/mol. The molecule has 1 aromatic rings. The van der Waals surface area contributed by atoms with E-state index in [9.17, 15) is 4.79 Å². The average molecular weight is 286 g/mol. The number of hydrogen-bond donors (Lipinski definition) is 2. The van der Waals surface area contributed by atoms with Crippen LogP contribution in [0.5, 0.6) is 0 Å². The Hall–Kier alpha value is -0.950. The molecule has 0 aromatic carbocycles. The van der Waals surface area contributed by atoms with E-state index in [0.29, 0.717) is 11.4 Å². The SMILES string of the molecule is CC(C)NC(=O)c1c(N)nsc1N1CCSCC1. The number of rotatable bonds is 3. The van der Waals surface area contributed by atoms with Crippen molar-refractivity contribution in [3.05, 3.63) is 5.56 Å². The highest BCUT2D eigenvalue weighted by atomic mass is 32.2. The van der Waals surface area contributed by atoms with Crippen LogP contribution in [0.3, 0.4) is 0 Å². The first-order valence-corrected chi connectivity index (χ1v) is 7.91. The van der Waals surface area contributed by atoms with Crippen molar-refractivity contribution in [2.45, 2.75) is 19.9 Å². The van der Waals surface area contributed by atoms with Crippen molar-refractivity contribution >= 4 is 40.0 Å². The van der Waals surface area contributed by atoms with E-state index >= 15 is 0 Å². The van der Waals surface area contributed by atoms with Gasteiger partial charge in [0.05, 0.1) is 0 Å². The molecule has 2 heterocycles. The first-order valence-electron chi connectivity index (χ1n) is 5.98. The predicted molar refractivity (Wildman–Crippen MR) is 78.7 cm³/mol. The molecule has 3 N–H and O–H groups in total. The molecule has 1 aromatic heterocycles. The normalized spacial score (nSPS) is 16.1. The number of nitrogens with two attached hydrogens (primary N) is 1. The Morgan fingerprint density at radius 1 is 1.44 bits per heavy atom. The first-order chi connectivity index (χ1) is 8.59. The van der Waals surface area contributed by atoms with Gasteiger partial charge in [0.2, 0.25) is 0 Å². The zero-order valence-corrected chi connectivity index (χ0v) is 12.2. The van der Waals surface area contributed by atoms with Crippen LogP contribution in [0.1, 0.15) is 24.2 Å². The Morgan fingerprint density at radius 3 is 2.72 bits per heavy atom. The van der Waals surface area contributed by atoms with E-state index in [1.165, 1.54) is 11.5 Å². The van der Waals surface area contributed by atoms with Gasteiger partial charge >= 0.3 is 0 Å². The molecule has 1 aliphatic rings. The van der Waals surface area contributed by atoms with Gasteiger partial charge in [-0.05, 0) is 25.4 Å². The number of carbonyl (C=O) groups is 1. The second-order valence-electron chi connectivity index (χ2n) is 4.48.